The summed E-state index contributed by atoms with van der Waals surface area (Å²) in [4.78, 5) is 18.2. The molecule has 156 valence electrons. The number of allylic oxidation sites excluding steroid dienone is 1. The summed E-state index contributed by atoms with van der Waals surface area (Å²) in [5, 5.41) is 2.81. The maximum atomic E-state index is 13.0. The predicted molar refractivity (Wildman–Crippen MR) is 114 cm³/mol. The standard InChI is InChI=1S/C21H28N4O3S/c1-5-12-24(20(26)23-17(3)4)15-19-14-22-21(25(19)13-6-2)29(27,28)16-18-10-8-7-9-11-18/h5-11,14,17H,1-2,12-13,15-16H2,3-4H3,(H,23,26). The van der Waals surface area contributed by atoms with Gasteiger partial charge in [0.2, 0.25) is 15.0 Å². The Bertz CT molecular complexity index is 950. The van der Waals surface area contributed by atoms with E-state index in [-0.39, 0.29) is 36.1 Å². The Morgan fingerprint density at radius 3 is 2.52 bits per heavy atom. The number of benzene rings is 1. The second-order valence-corrected chi connectivity index (χ2v) is 8.83. The number of hydrogen-bond donors (Lipinski definition) is 1. The summed E-state index contributed by atoms with van der Waals surface area (Å²) < 4.78 is 27.5. The zero-order valence-electron chi connectivity index (χ0n) is 16.9. The fourth-order valence-electron chi connectivity index (χ4n) is 2.86. The molecule has 0 saturated heterocycles. The Balaban J connectivity index is 2.34. The molecule has 0 aliphatic heterocycles. The molecule has 2 amide bonds. The highest BCUT2D eigenvalue weighted by Gasteiger charge is 2.25. The van der Waals surface area contributed by atoms with Gasteiger partial charge in [0.1, 0.15) is 0 Å². The van der Waals surface area contributed by atoms with Crippen molar-refractivity contribution in [1.29, 1.82) is 0 Å². The molecular formula is C21H28N4O3S. The van der Waals surface area contributed by atoms with Gasteiger partial charge in [-0.1, -0.05) is 42.5 Å². The van der Waals surface area contributed by atoms with Crippen LogP contribution in [0.3, 0.4) is 0 Å². The molecule has 0 spiro atoms. The van der Waals surface area contributed by atoms with Crippen molar-refractivity contribution in [2.45, 2.75) is 43.9 Å². The van der Waals surface area contributed by atoms with Gasteiger partial charge in [-0.25, -0.2) is 18.2 Å². The first-order valence-electron chi connectivity index (χ1n) is 9.36. The molecule has 0 bridgehead atoms. The van der Waals surface area contributed by atoms with Gasteiger partial charge < -0.3 is 14.8 Å². The van der Waals surface area contributed by atoms with Crippen molar-refractivity contribution in [1.82, 2.24) is 19.8 Å². The summed E-state index contributed by atoms with van der Waals surface area (Å²) in [5.74, 6) is -0.147. The second kappa shape index (κ2) is 10.1. The van der Waals surface area contributed by atoms with Gasteiger partial charge in [-0.05, 0) is 19.4 Å². The van der Waals surface area contributed by atoms with E-state index in [1.54, 1.807) is 45.9 Å². The highest BCUT2D eigenvalue weighted by Crippen LogP contribution is 2.19. The maximum absolute atomic E-state index is 13.0. The van der Waals surface area contributed by atoms with Crippen LogP contribution in [0.1, 0.15) is 25.1 Å². The van der Waals surface area contributed by atoms with Crippen LogP contribution in [0.15, 0.2) is 67.0 Å². The van der Waals surface area contributed by atoms with E-state index in [1.807, 2.05) is 19.9 Å². The van der Waals surface area contributed by atoms with Gasteiger partial charge in [0.05, 0.1) is 24.2 Å². The van der Waals surface area contributed by atoms with Crippen molar-refractivity contribution in [3.8, 4) is 0 Å². The lowest BCUT2D eigenvalue weighted by atomic mass is 10.2. The number of carbonyl (C=O) groups is 1. The lowest BCUT2D eigenvalue weighted by Crippen LogP contribution is -2.43. The molecule has 2 aromatic rings. The highest BCUT2D eigenvalue weighted by atomic mass is 32.2. The monoisotopic (exact) mass is 416 g/mol. The van der Waals surface area contributed by atoms with E-state index >= 15 is 0 Å². The molecule has 0 atom stereocenters. The van der Waals surface area contributed by atoms with Crippen LogP contribution in [0.2, 0.25) is 0 Å². The maximum Gasteiger partial charge on any atom is 0.318 e. The Morgan fingerprint density at radius 1 is 1.24 bits per heavy atom. The van der Waals surface area contributed by atoms with Crippen molar-refractivity contribution in [2.24, 2.45) is 0 Å². The third-order valence-electron chi connectivity index (χ3n) is 4.09. The van der Waals surface area contributed by atoms with Gasteiger partial charge in [-0.15, -0.1) is 13.2 Å². The molecule has 8 heteroatoms. The van der Waals surface area contributed by atoms with Crippen LogP contribution in [0, 0.1) is 0 Å². The Kier molecular flexibility index (Phi) is 7.78. The third kappa shape index (κ3) is 6.05. The van der Waals surface area contributed by atoms with Crippen LogP contribution in [-0.4, -0.2) is 41.5 Å². The molecule has 0 fully saturated rings. The molecule has 0 aliphatic rings. The molecular weight excluding hydrogens is 388 g/mol. The molecule has 1 heterocycles. The number of hydrogen-bond acceptors (Lipinski definition) is 4. The minimum Gasteiger partial charge on any atom is -0.336 e. The molecule has 7 nitrogen and oxygen atoms in total. The van der Waals surface area contributed by atoms with Gasteiger partial charge >= 0.3 is 6.03 Å². The summed E-state index contributed by atoms with van der Waals surface area (Å²) in [6.07, 6.45) is 4.74. The van der Waals surface area contributed by atoms with Crippen LogP contribution in [-0.2, 0) is 28.7 Å². The number of nitrogens with one attached hydrogen (secondary N) is 1. The van der Waals surface area contributed by atoms with E-state index in [2.05, 4.69) is 23.5 Å². The molecule has 0 aliphatic carbocycles. The van der Waals surface area contributed by atoms with Crippen LogP contribution in [0.5, 0.6) is 0 Å². The molecule has 0 radical (unpaired) electrons. The summed E-state index contributed by atoms with van der Waals surface area (Å²) in [6.45, 7) is 12.0. The van der Waals surface area contributed by atoms with Crippen LogP contribution < -0.4 is 5.32 Å². The summed E-state index contributed by atoms with van der Waals surface area (Å²) in [5.41, 5.74) is 1.30. The lowest BCUT2D eigenvalue weighted by molar-refractivity contribution is 0.197. The molecule has 0 saturated carbocycles. The molecule has 1 N–H and O–H groups in total. The zero-order chi connectivity index (χ0) is 21.4. The lowest BCUT2D eigenvalue weighted by Gasteiger charge is -2.23. The number of urea groups is 1. The number of aromatic nitrogens is 2. The first-order chi connectivity index (χ1) is 13.8. The van der Waals surface area contributed by atoms with Gasteiger partial charge in [0.15, 0.2) is 0 Å². The fraction of sp³-hybridized carbons (Fsp3) is 0.333. The van der Waals surface area contributed by atoms with Crippen molar-refractivity contribution in [2.75, 3.05) is 6.54 Å². The van der Waals surface area contributed by atoms with Crippen molar-refractivity contribution < 1.29 is 13.2 Å². The Labute approximate surface area is 172 Å². The van der Waals surface area contributed by atoms with Gasteiger partial charge in [0, 0.05) is 19.1 Å². The minimum atomic E-state index is -3.67. The van der Waals surface area contributed by atoms with E-state index < -0.39 is 9.84 Å². The first kappa shape index (κ1) is 22.4. The van der Waals surface area contributed by atoms with E-state index in [9.17, 15) is 13.2 Å². The zero-order valence-corrected chi connectivity index (χ0v) is 17.7. The summed E-state index contributed by atoms with van der Waals surface area (Å²) in [6, 6.07) is 8.70. The topological polar surface area (TPSA) is 84.3 Å². The number of sulfone groups is 1. The summed E-state index contributed by atoms with van der Waals surface area (Å²) in [7, 11) is -3.67. The second-order valence-electron chi connectivity index (χ2n) is 6.95. The Hall–Kier alpha value is -2.87. The van der Waals surface area contributed by atoms with Crippen molar-refractivity contribution in [3.05, 3.63) is 73.1 Å². The molecule has 1 aromatic heterocycles. The van der Waals surface area contributed by atoms with Crippen molar-refractivity contribution in [3.63, 3.8) is 0 Å². The normalized spacial score (nSPS) is 11.3. The molecule has 2 rings (SSSR count). The van der Waals surface area contributed by atoms with Crippen LogP contribution >= 0.6 is 0 Å². The minimum absolute atomic E-state index is 0.0188. The first-order valence-corrected chi connectivity index (χ1v) is 11.0. The van der Waals surface area contributed by atoms with Crippen molar-refractivity contribution >= 4 is 15.9 Å². The average Bonchev–Trinajstić information content (AvgIpc) is 3.05. The molecule has 29 heavy (non-hydrogen) atoms. The van der Waals surface area contributed by atoms with E-state index in [0.29, 0.717) is 17.8 Å². The molecule has 0 unspecified atom stereocenters. The third-order valence-corrected chi connectivity index (χ3v) is 5.69. The number of rotatable bonds is 10. The number of nitrogens with zero attached hydrogens (tertiary/aromatic N) is 3. The predicted octanol–water partition coefficient (Wildman–Crippen LogP) is 3.15. The van der Waals surface area contributed by atoms with Gasteiger partial charge in [0.25, 0.3) is 0 Å². The highest BCUT2D eigenvalue weighted by molar-refractivity contribution is 7.90. The Morgan fingerprint density at radius 2 is 1.93 bits per heavy atom. The van der Waals surface area contributed by atoms with Crippen LogP contribution in [0.25, 0.3) is 0 Å². The van der Waals surface area contributed by atoms with Gasteiger partial charge in [-0.2, -0.15) is 0 Å². The van der Waals surface area contributed by atoms with E-state index in [4.69, 9.17) is 0 Å². The average molecular weight is 417 g/mol. The molecule has 1 aromatic carbocycles. The smallest absolute Gasteiger partial charge is 0.318 e. The number of amides is 2. The van der Waals surface area contributed by atoms with Gasteiger partial charge in [-0.3, -0.25) is 0 Å². The largest absolute Gasteiger partial charge is 0.336 e. The quantitative estimate of drug-likeness (QED) is 0.603. The van der Waals surface area contributed by atoms with Crippen LogP contribution in [0.4, 0.5) is 4.79 Å². The number of carbonyl (C=O) groups excluding carboxylic acids is 1. The number of imidazole rings is 1. The SMILES string of the molecule is C=CCN(Cc1cnc(S(=O)(=O)Cc2ccccc2)n1CC=C)C(=O)NC(C)C. The summed E-state index contributed by atoms with van der Waals surface area (Å²) >= 11 is 0. The fourth-order valence-corrected chi connectivity index (χ4v) is 4.36. The van der Waals surface area contributed by atoms with E-state index in [0.717, 1.165) is 0 Å². The van der Waals surface area contributed by atoms with E-state index in [1.165, 1.54) is 6.20 Å².